The summed E-state index contributed by atoms with van der Waals surface area (Å²) >= 11 is 0. The molecule has 0 saturated carbocycles. The van der Waals surface area contributed by atoms with Crippen molar-refractivity contribution in [1.82, 2.24) is 0 Å². The van der Waals surface area contributed by atoms with E-state index in [2.05, 4.69) is 0 Å². The van der Waals surface area contributed by atoms with Gasteiger partial charge in [-0.25, -0.2) is 0 Å². The molecule has 0 heterocycles. The van der Waals surface area contributed by atoms with Crippen molar-refractivity contribution in [1.29, 1.82) is 0 Å². The molecule has 3 nitrogen and oxygen atoms in total. The molecule has 5 heteroatoms. The summed E-state index contributed by atoms with van der Waals surface area (Å²) in [6, 6.07) is 7.10. The minimum Gasteiger partial charge on any atom is -0.298 e. The Kier molecular flexibility index (Phi) is 3.57. The van der Waals surface area contributed by atoms with Crippen molar-refractivity contribution in [2.45, 2.75) is 13.3 Å². The highest BCUT2D eigenvalue weighted by Crippen LogP contribution is 2.08. The number of rotatable bonds is 4. The lowest BCUT2D eigenvalue weighted by molar-refractivity contribution is -0.116. The van der Waals surface area contributed by atoms with Crippen LogP contribution >= 0.6 is 0 Å². The van der Waals surface area contributed by atoms with Crippen LogP contribution in [0.3, 0.4) is 0 Å². The lowest BCUT2D eigenvalue weighted by Crippen LogP contribution is -2.14. The number of carbonyl (C=O) groups excluding carboxylic acids is 1. The van der Waals surface area contributed by atoms with Gasteiger partial charge in [0, 0.05) is 6.42 Å². The minimum absolute atomic E-state index is 0.0458. The zero-order valence-corrected chi connectivity index (χ0v) is 9.05. The van der Waals surface area contributed by atoms with Crippen LogP contribution in [0.5, 0.6) is 0 Å². The summed E-state index contributed by atoms with van der Waals surface area (Å²) < 4.78 is 32.7. The Hall–Kier alpha value is -1.23. The highest BCUT2D eigenvalue weighted by Gasteiger charge is 2.15. The molecule has 0 aliphatic rings. The predicted octanol–water partition coefficient (Wildman–Crippen LogP) is 1.41. The van der Waals surface area contributed by atoms with Gasteiger partial charge in [-0.05, 0) is 18.1 Å². The van der Waals surface area contributed by atoms with Gasteiger partial charge < -0.3 is 0 Å². The van der Waals surface area contributed by atoms with Crippen molar-refractivity contribution in [2.75, 3.05) is 5.75 Å². The molecule has 82 valence electrons. The predicted molar refractivity (Wildman–Crippen MR) is 54.8 cm³/mol. The van der Waals surface area contributed by atoms with Gasteiger partial charge in [-0.1, -0.05) is 24.3 Å². The van der Waals surface area contributed by atoms with Crippen LogP contribution in [0.15, 0.2) is 24.3 Å². The van der Waals surface area contributed by atoms with Gasteiger partial charge in [0.1, 0.15) is 5.75 Å². The molecule has 0 fully saturated rings. The minimum atomic E-state index is -4.71. The van der Waals surface area contributed by atoms with E-state index in [1.807, 2.05) is 19.1 Å². The Morgan fingerprint density at radius 2 is 1.93 bits per heavy atom. The van der Waals surface area contributed by atoms with Crippen LogP contribution in [0.4, 0.5) is 3.89 Å². The summed E-state index contributed by atoms with van der Waals surface area (Å²) in [7, 11) is -4.71. The summed E-state index contributed by atoms with van der Waals surface area (Å²) in [5.41, 5.74) is 1.62. The van der Waals surface area contributed by atoms with Crippen molar-refractivity contribution in [2.24, 2.45) is 0 Å². The average molecular weight is 230 g/mol. The van der Waals surface area contributed by atoms with E-state index in [0.29, 0.717) is 0 Å². The molecule has 15 heavy (non-hydrogen) atoms. The fraction of sp³-hybridized carbons (Fsp3) is 0.300. The molecule has 1 rings (SSSR count). The van der Waals surface area contributed by atoms with Crippen molar-refractivity contribution in [3.8, 4) is 0 Å². The van der Waals surface area contributed by atoms with Crippen LogP contribution in [0.1, 0.15) is 11.1 Å². The van der Waals surface area contributed by atoms with Crippen molar-refractivity contribution in [3.63, 3.8) is 0 Å². The molecule has 0 aliphatic heterocycles. The van der Waals surface area contributed by atoms with Crippen molar-refractivity contribution >= 4 is 16.0 Å². The van der Waals surface area contributed by atoms with Crippen LogP contribution in [-0.2, 0) is 21.4 Å². The van der Waals surface area contributed by atoms with Crippen LogP contribution < -0.4 is 0 Å². The average Bonchev–Trinajstić information content (AvgIpc) is 2.05. The second kappa shape index (κ2) is 4.53. The Morgan fingerprint density at radius 1 is 1.33 bits per heavy atom. The molecule has 0 N–H and O–H groups in total. The summed E-state index contributed by atoms with van der Waals surface area (Å²) in [6.45, 7) is 1.81. The number of benzene rings is 1. The maximum Gasteiger partial charge on any atom is 0.309 e. The normalized spacial score (nSPS) is 11.3. The van der Waals surface area contributed by atoms with Gasteiger partial charge >= 0.3 is 10.2 Å². The molecular formula is C10H11FO3S. The molecule has 1 aromatic rings. The Morgan fingerprint density at radius 3 is 2.47 bits per heavy atom. The SMILES string of the molecule is Cc1ccccc1CC(=O)CS(=O)(=O)F. The molecule has 0 aromatic heterocycles. The summed E-state index contributed by atoms with van der Waals surface area (Å²) in [5.74, 6) is -1.67. The molecule has 0 spiro atoms. The lowest BCUT2D eigenvalue weighted by atomic mass is 10.0. The second-order valence-electron chi connectivity index (χ2n) is 3.33. The van der Waals surface area contributed by atoms with Crippen molar-refractivity contribution in [3.05, 3.63) is 35.4 Å². The molecule has 0 radical (unpaired) electrons. The summed E-state index contributed by atoms with van der Waals surface area (Å²) in [5, 5.41) is 0. The summed E-state index contributed by atoms with van der Waals surface area (Å²) in [6.07, 6.45) is -0.0458. The van der Waals surface area contributed by atoms with Crippen LogP contribution in [-0.4, -0.2) is 20.0 Å². The number of hydrogen-bond donors (Lipinski definition) is 0. The number of Topliss-reactive ketones (excluding diaryl/α,β-unsaturated/α-hetero) is 1. The molecule has 0 amide bonds. The molecule has 0 unspecified atom stereocenters. The second-order valence-corrected chi connectivity index (χ2v) is 4.69. The fourth-order valence-electron chi connectivity index (χ4n) is 1.26. The third kappa shape index (κ3) is 4.20. The number of halogens is 1. The van der Waals surface area contributed by atoms with E-state index in [4.69, 9.17) is 0 Å². The number of aryl methyl sites for hydroxylation is 1. The van der Waals surface area contributed by atoms with E-state index in [1.165, 1.54) is 0 Å². The van der Waals surface area contributed by atoms with E-state index in [1.54, 1.807) is 12.1 Å². The van der Waals surface area contributed by atoms with Gasteiger partial charge in [-0.2, -0.15) is 8.42 Å². The zero-order chi connectivity index (χ0) is 11.5. The first-order chi connectivity index (χ1) is 6.88. The first kappa shape index (κ1) is 11.8. The first-order valence-electron chi connectivity index (χ1n) is 4.37. The Bertz CT molecular complexity index is 465. The first-order valence-corrected chi connectivity index (χ1v) is 5.92. The van der Waals surface area contributed by atoms with E-state index >= 15 is 0 Å². The lowest BCUT2D eigenvalue weighted by Gasteiger charge is -2.02. The zero-order valence-electron chi connectivity index (χ0n) is 8.23. The van der Waals surface area contributed by atoms with Crippen LogP contribution in [0, 0.1) is 6.92 Å². The molecular weight excluding hydrogens is 219 g/mol. The van der Waals surface area contributed by atoms with E-state index in [0.717, 1.165) is 11.1 Å². The highest BCUT2D eigenvalue weighted by atomic mass is 32.3. The van der Waals surface area contributed by atoms with Gasteiger partial charge in [0.15, 0.2) is 5.78 Å². The Labute approximate surface area is 88.1 Å². The molecule has 0 bridgehead atoms. The van der Waals surface area contributed by atoms with E-state index in [-0.39, 0.29) is 6.42 Å². The van der Waals surface area contributed by atoms with E-state index < -0.39 is 21.8 Å². The van der Waals surface area contributed by atoms with Crippen LogP contribution in [0.2, 0.25) is 0 Å². The summed E-state index contributed by atoms with van der Waals surface area (Å²) in [4.78, 5) is 11.2. The number of carbonyl (C=O) groups is 1. The Balaban J connectivity index is 2.72. The third-order valence-electron chi connectivity index (χ3n) is 1.98. The van der Waals surface area contributed by atoms with Crippen LogP contribution in [0.25, 0.3) is 0 Å². The van der Waals surface area contributed by atoms with Crippen molar-refractivity contribution < 1.29 is 17.1 Å². The van der Waals surface area contributed by atoms with Gasteiger partial charge in [0.05, 0.1) is 0 Å². The van der Waals surface area contributed by atoms with Gasteiger partial charge in [-0.3, -0.25) is 4.79 Å². The molecule has 0 saturated heterocycles. The number of ketones is 1. The maximum absolute atomic E-state index is 12.2. The number of hydrogen-bond acceptors (Lipinski definition) is 3. The standard InChI is InChI=1S/C10H11FO3S/c1-8-4-2-3-5-9(8)6-10(12)7-15(11,13)14/h2-5H,6-7H2,1H3. The smallest absolute Gasteiger partial charge is 0.298 e. The molecule has 0 aliphatic carbocycles. The quantitative estimate of drug-likeness (QED) is 0.735. The molecule has 0 atom stereocenters. The fourth-order valence-corrected chi connectivity index (χ4v) is 1.75. The van der Waals surface area contributed by atoms with Gasteiger partial charge in [0.25, 0.3) is 0 Å². The monoisotopic (exact) mass is 230 g/mol. The molecule has 1 aromatic carbocycles. The van der Waals surface area contributed by atoms with Gasteiger partial charge in [-0.15, -0.1) is 3.89 Å². The highest BCUT2D eigenvalue weighted by molar-refractivity contribution is 7.87. The maximum atomic E-state index is 12.2. The topological polar surface area (TPSA) is 51.2 Å². The van der Waals surface area contributed by atoms with E-state index in [9.17, 15) is 17.1 Å². The third-order valence-corrected chi connectivity index (χ3v) is 2.65. The van der Waals surface area contributed by atoms with Gasteiger partial charge in [0.2, 0.25) is 0 Å². The largest absolute Gasteiger partial charge is 0.309 e.